The van der Waals surface area contributed by atoms with Crippen LogP contribution in [0.5, 0.6) is 0 Å². The highest BCUT2D eigenvalue weighted by Crippen LogP contribution is 2.57. The van der Waals surface area contributed by atoms with Gasteiger partial charge in [0.1, 0.15) is 30.5 Å². The summed E-state index contributed by atoms with van der Waals surface area (Å²) in [6, 6.07) is 7.57. The summed E-state index contributed by atoms with van der Waals surface area (Å²) in [7, 11) is 1.76. The van der Waals surface area contributed by atoms with Gasteiger partial charge < -0.3 is 14.0 Å². The number of aromatic nitrogens is 7. The molecule has 1 saturated heterocycles. The number of pyridine rings is 1. The molecule has 3 atom stereocenters. The van der Waals surface area contributed by atoms with E-state index in [-0.39, 0.29) is 18.0 Å². The van der Waals surface area contributed by atoms with Crippen LogP contribution in [0.25, 0.3) is 11.2 Å². The van der Waals surface area contributed by atoms with Gasteiger partial charge in [0.2, 0.25) is 5.89 Å². The highest BCUT2D eigenvalue weighted by atomic mass is 16.5. The normalized spacial score (nSPS) is 21.9. The fourth-order valence-electron chi connectivity index (χ4n) is 4.56. The maximum absolute atomic E-state index is 12.7. The van der Waals surface area contributed by atoms with Gasteiger partial charge in [0.05, 0.1) is 6.33 Å². The van der Waals surface area contributed by atoms with Crippen molar-refractivity contribution in [2.75, 3.05) is 18.0 Å². The van der Waals surface area contributed by atoms with E-state index in [4.69, 9.17) is 9.78 Å². The number of anilines is 1. The van der Waals surface area contributed by atoms with Crippen LogP contribution in [0.4, 0.5) is 5.82 Å². The molecule has 0 spiro atoms. The van der Waals surface area contributed by atoms with E-state index in [9.17, 15) is 4.79 Å². The Balaban J connectivity index is 1.16. The zero-order chi connectivity index (χ0) is 21.1. The van der Waals surface area contributed by atoms with Crippen LogP contribution in [0, 0.1) is 23.2 Å². The first kappa shape index (κ1) is 17.8. The Morgan fingerprint density at radius 3 is 2.81 bits per heavy atom. The smallest absolute Gasteiger partial charge is 0.280 e. The van der Waals surface area contributed by atoms with E-state index in [1.807, 2.05) is 12.1 Å². The summed E-state index contributed by atoms with van der Waals surface area (Å²) in [5, 5.41) is 13.2. The fourth-order valence-corrected chi connectivity index (χ4v) is 4.56. The van der Waals surface area contributed by atoms with E-state index in [0.29, 0.717) is 40.4 Å². The second-order valence-corrected chi connectivity index (χ2v) is 8.00. The third-order valence-corrected chi connectivity index (χ3v) is 6.16. The van der Waals surface area contributed by atoms with Crippen molar-refractivity contribution in [3.63, 3.8) is 0 Å². The summed E-state index contributed by atoms with van der Waals surface area (Å²) in [5.41, 5.74) is 1.08. The monoisotopic (exact) mass is 415 g/mol. The number of hydrogen-bond donors (Lipinski definition) is 0. The van der Waals surface area contributed by atoms with Gasteiger partial charge in [0.15, 0.2) is 17.0 Å². The Morgan fingerprint density at radius 1 is 1.19 bits per heavy atom. The average molecular weight is 415 g/mol. The lowest BCUT2D eigenvalue weighted by Gasteiger charge is -2.20. The van der Waals surface area contributed by atoms with Crippen molar-refractivity contribution in [3.8, 4) is 6.07 Å². The van der Waals surface area contributed by atoms with Crippen molar-refractivity contribution < 1.29 is 4.52 Å². The van der Waals surface area contributed by atoms with E-state index in [0.717, 1.165) is 18.9 Å². The quantitative estimate of drug-likeness (QED) is 0.472. The Labute approximate surface area is 175 Å². The van der Waals surface area contributed by atoms with Gasteiger partial charge in [-0.1, -0.05) is 11.2 Å². The molecule has 11 nitrogen and oxygen atoms in total. The molecule has 31 heavy (non-hydrogen) atoms. The minimum atomic E-state index is -0.198. The maximum Gasteiger partial charge on any atom is 0.280 e. The molecule has 6 rings (SSSR count). The molecule has 0 radical (unpaired) electrons. The second kappa shape index (κ2) is 6.46. The summed E-state index contributed by atoms with van der Waals surface area (Å²) in [6.07, 6.45) is 3.02. The first-order valence-corrected chi connectivity index (χ1v) is 9.93. The summed E-state index contributed by atoms with van der Waals surface area (Å²) < 4.78 is 8.52. The van der Waals surface area contributed by atoms with E-state index in [1.165, 1.54) is 10.9 Å². The molecule has 2 fully saturated rings. The van der Waals surface area contributed by atoms with E-state index in [1.54, 1.807) is 24.0 Å². The zero-order valence-electron chi connectivity index (χ0n) is 16.6. The minimum Gasteiger partial charge on any atom is -0.356 e. The number of rotatable bonds is 4. The van der Waals surface area contributed by atoms with E-state index in [2.05, 4.69) is 36.1 Å². The number of hydrogen-bond acceptors (Lipinski definition) is 9. The molecule has 1 aliphatic carbocycles. The molecule has 4 aromatic rings. The molecular weight excluding hydrogens is 398 g/mol. The molecule has 2 aliphatic rings. The molecule has 1 unspecified atom stereocenters. The Morgan fingerprint density at radius 2 is 2.00 bits per heavy atom. The third kappa shape index (κ3) is 2.79. The maximum atomic E-state index is 12.7. The summed E-state index contributed by atoms with van der Waals surface area (Å²) in [5.74, 6) is 3.02. The van der Waals surface area contributed by atoms with Crippen LogP contribution in [0.15, 0.2) is 40.2 Å². The topological polar surface area (TPSA) is 132 Å². The minimum absolute atomic E-state index is 0.166. The molecule has 154 valence electrons. The Bertz CT molecular complexity index is 1400. The number of nitriles is 1. The second-order valence-electron chi connectivity index (χ2n) is 8.00. The lowest BCUT2D eigenvalue weighted by molar-refractivity contribution is 0.363. The Kier molecular flexibility index (Phi) is 3.70. The van der Waals surface area contributed by atoms with Gasteiger partial charge in [0, 0.05) is 26.1 Å². The molecule has 1 aliphatic heterocycles. The van der Waals surface area contributed by atoms with Crippen molar-refractivity contribution in [2.45, 2.75) is 12.5 Å². The number of piperidine rings is 1. The van der Waals surface area contributed by atoms with Crippen LogP contribution in [0.2, 0.25) is 0 Å². The van der Waals surface area contributed by atoms with Crippen LogP contribution in [-0.4, -0.2) is 47.3 Å². The Hall–Kier alpha value is -4.07. The molecule has 5 heterocycles. The predicted molar refractivity (Wildman–Crippen MR) is 107 cm³/mol. The number of imidazole rings is 1. The van der Waals surface area contributed by atoms with Crippen molar-refractivity contribution in [1.29, 1.82) is 5.26 Å². The largest absolute Gasteiger partial charge is 0.356 e. The molecule has 0 aromatic carbocycles. The van der Waals surface area contributed by atoms with Crippen LogP contribution >= 0.6 is 0 Å². The van der Waals surface area contributed by atoms with E-state index >= 15 is 0 Å². The van der Waals surface area contributed by atoms with Gasteiger partial charge in [-0.3, -0.25) is 9.36 Å². The van der Waals surface area contributed by atoms with Gasteiger partial charge in [-0.15, -0.1) is 0 Å². The van der Waals surface area contributed by atoms with Crippen molar-refractivity contribution in [1.82, 2.24) is 34.2 Å². The van der Waals surface area contributed by atoms with Crippen molar-refractivity contribution >= 4 is 17.0 Å². The summed E-state index contributed by atoms with van der Waals surface area (Å²) >= 11 is 0. The van der Waals surface area contributed by atoms with Gasteiger partial charge in [-0.05, 0) is 24.0 Å². The zero-order valence-corrected chi connectivity index (χ0v) is 16.6. The predicted octanol–water partition coefficient (Wildman–Crippen LogP) is 0.678. The van der Waals surface area contributed by atoms with Crippen LogP contribution in [0.1, 0.15) is 23.3 Å². The van der Waals surface area contributed by atoms with Gasteiger partial charge in [-0.25, -0.2) is 15.0 Å². The molecule has 0 bridgehead atoms. The van der Waals surface area contributed by atoms with Gasteiger partial charge in [0.25, 0.3) is 5.56 Å². The van der Waals surface area contributed by atoms with Crippen molar-refractivity contribution in [2.24, 2.45) is 18.9 Å². The van der Waals surface area contributed by atoms with Gasteiger partial charge in [-0.2, -0.15) is 10.2 Å². The van der Waals surface area contributed by atoms with Crippen LogP contribution < -0.4 is 10.5 Å². The lowest BCUT2D eigenvalue weighted by Crippen LogP contribution is -2.25. The molecular formula is C20H17N9O2. The number of nitrogens with zero attached hydrogens (tertiary/aromatic N) is 9. The summed E-state index contributed by atoms with van der Waals surface area (Å²) in [4.78, 5) is 32.1. The molecule has 11 heteroatoms. The number of aryl methyl sites for hydroxylation is 1. The molecule has 0 N–H and O–H groups in total. The highest BCUT2D eigenvalue weighted by molar-refractivity contribution is 5.68. The first-order chi connectivity index (χ1) is 15.1. The molecule has 0 amide bonds. The third-order valence-electron chi connectivity index (χ3n) is 6.16. The first-order valence-electron chi connectivity index (χ1n) is 9.93. The van der Waals surface area contributed by atoms with Crippen molar-refractivity contribution in [3.05, 3.63) is 58.6 Å². The standard InChI is InChI=1S/C20H17N9O2/c1-27-9-22-19-17(27)20(30)29(10-23-19)8-15-25-18(26-31-15)16-12-6-28(7-13(12)16)14-4-2-3-11(5-21)24-14/h2-4,9-10,12-13,16H,6-8H2,1H3/t12-,13+,16?. The number of fused-ring (bicyclic) bond motifs is 2. The van der Waals surface area contributed by atoms with E-state index < -0.39 is 0 Å². The van der Waals surface area contributed by atoms with Crippen LogP contribution in [0.3, 0.4) is 0 Å². The molecule has 4 aromatic heterocycles. The highest BCUT2D eigenvalue weighted by Gasteiger charge is 2.58. The lowest BCUT2D eigenvalue weighted by atomic mass is 10.2. The van der Waals surface area contributed by atoms with Crippen LogP contribution in [-0.2, 0) is 13.6 Å². The summed E-state index contributed by atoms with van der Waals surface area (Å²) in [6.45, 7) is 1.86. The average Bonchev–Trinajstić information content (AvgIpc) is 3.21. The molecule has 1 saturated carbocycles. The fraction of sp³-hybridized carbons (Fsp3) is 0.350. The SMILES string of the molecule is Cn1cnc2ncn(Cc3nc(C4[C@H]5CN(c6cccc(C#N)n6)C[C@@H]45)no3)c(=O)c21. The van der Waals surface area contributed by atoms with Gasteiger partial charge >= 0.3 is 0 Å².